The molecule has 2 amide bonds. The van der Waals surface area contributed by atoms with Crippen molar-refractivity contribution in [3.8, 4) is 0 Å². The zero-order chi connectivity index (χ0) is 16.8. The van der Waals surface area contributed by atoms with Gasteiger partial charge >= 0.3 is 0 Å². The minimum absolute atomic E-state index is 0.00876. The predicted octanol–water partition coefficient (Wildman–Crippen LogP) is 2.07. The fraction of sp³-hybridized carbons (Fsp3) is 0.529. The Morgan fingerprint density at radius 3 is 2.91 bits per heavy atom. The van der Waals surface area contributed by atoms with Gasteiger partial charge in [-0.25, -0.2) is 0 Å². The van der Waals surface area contributed by atoms with Gasteiger partial charge in [-0.05, 0) is 56.5 Å². The van der Waals surface area contributed by atoms with Gasteiger partial charge in [0, 0.05) is 29.7 Å². The molecule has 3 N–H and O–H groups in total. The fourth-order valence-corrected chi connectivity index (χ4v) is 3.35. The number of piperidine rings is 1. The summed E-state index contributed by atoms with van der Waals surface area (Å²) in [5.74, 6) is -0.0841. The maximum absolute atomic E-state index is 12.7. The molecule has 1 heterocycles. The SMILES string of the molecule is Cc1cc(Br)ccc1C(=O)N1CCCC(C(=O)NCCCN)C1. The largest absolute Gasteiger partial charge is 0.356 e. The predicted molar refractivity (Wildman–Crippen MR) is 94.2 cm³/mol. The highest BCUT2D eigenvalue weighted by Crippen LogP contribution is 2.22. The van der Waals surface area contributed by atoms with Crippen LogP contribution in [0, 0.1) is 12.8 Å². The number of carbonyl (C=O) groups excluding carboxylic acids is 2. The number of likely N-dealkylation sites (tertiary alicyclic amines) is 1. The molecule has 0 saturated carbocycles. The Bertz CT molecular complexity index is 577. The number of nitrogens with two attached hydrogens (primary N) is 1. The topological polar surface area (TPSA) is 75.4 Å². The zero-order valence-electron chi connectivity index (χ0n) is 13.5. The van der Waals surface area contributed by atoms with E-state index >= 15 is 0 Å². The van der Waals surface area contributed by atoms with Crippen molar-refractivity contribution in [3.05, 3.63) is 33.8 Å². The van der Waals surface area contributed by atoms with Crippen molar-refractivity contribution in [3.63, 3.8) is 0 Å². The molecule has 0 spiro atoms. The van der Waals surface area contributed by atoms with E-state index in [1.54, 1.807) is 4.90 Å². The molecule has 1 aliphatic rings. The Morgan fingerprint density at radius 2 is 2.22 bits per heavy atom. The van der Waals surface area contributed by atoms with E-state index in [4.69, 9.17) is 5.73 Å². The van der Waals surface area contributed by atoms with E-state index < -0.39 is 0 Å². The van der Waals surface area contributed by atoms with Crippen LogP contribution in [0.15, 0.2) is 22.7 Å². The molecule has 0 bridgehead atoms. The Labute approximate surface area is 145 Å². The second-order valence-corrected chi connectivity index (χ2v) is 6.90. The third kappa shape index (κ3) is 4.78. The van der Waals surface area contributed by atoms with Crippen molar-refractivity contribution in [1.29, 1.82) is 0 Å². The lowest BCUT2D eigenvalue weighted by atomic mass is 9.96. The number of amides is 2. The number of hydrogen-bond donors (Lipinski definition) is 2. The summed E-state index contributed by atoms with van der Waals surface area (Å²) in [6.45, 7) is 4.30. The van der Waals surface area contributed by atoms with Crippen molar-refractivity contribution < 1.29 is 9.59 Å². The standard InChI is InChI=1S/C17H24BrN3O2/c1-12-10-14(18)5-6-15(12)17(23)21-9-2-4-13(11-21)16(22)20-8-3-7-19/h5-6,10,13H,2-4,7-9,11,19H2,1H3,(H,20,22). The van der Waals surface area contributed by atoms with Crippen LogP contribution in [0.3, 0.4) is 0 Å². The highest BCUT2D eigenvalue weighted by atomic mass is 79.9. The second kappa shape index (κ2) is 8.45. The van der Waals surface area contributed by atoms with Crippen molar-refractivity contribution in [1.82, 2.24) is 10.2 Å². The summed E-state index contributed by atoms with van der Waals surface area (Å²) >= 11 is 3.41. The van der Waals surface area contributed by atoms with Gasteiger partial charge in [0.05, 0.1) is 5.92 Å². The molecule has 2 rings (SSSR count). The van der Waals surface area contributed by atoms with Gasteiger partial charge in [-0.15, -0.1) is 0 Å². The minimum atomic E-state index is -0.124. The number of hydrogen-bond acceptors (Lipinski definition) is 3. The molecule has 1 aromatic rings. The van der Waals surface area contributed by atoms with E-state index in [2.05, 4.69) is 21.2 Å². The van der Waals surface area contributed by atoms with Gasteiger partial charge in [-0.3, -0.25) is 9.59 Å². The Morgan fingerprint density at radius 1 is 1.43 bits per heavy atom. The maximum Gasteiger partial charge on any atom is 0.254 e. The first-order valence-electron chi connectivity index (χ1n) is 8.06. The van der Waals surface area contributed by atoms with Gasteiger partial charge in [0.1, 0.15) is 0 Å². The van der Waals surface area contributed by atoms with E-state index in [1.807, 2.05) is 25.1 Å². The summed E-state index contributed by atoms with van der Waals surface area (Å²) in [7, 11) is 0. The molecular formula is C17H24BrN3O2. The molecule has 1 aromatic carbocycles. The van der Waals surface area contributed by atoms with Crippen LogP contribution in [0.1, 0.15) is 35.2 Å². The fourth-order valence-electron chi connectivity index (χ4n) is 2.87. The first-order chi connectivity index (χ1) is 11.0. The van der Waals surface area contributed by atoms with E-state index in [1.165, 1.54) is 0 Å². The Balaban J connectivity index is 2.00. The van der Waals surface area contributed by atoms with Crippen LogP contribution >= 0.6 is 15.9 Å². The van der Waals surface area contributed by atoms with Crippen LogP contribution in [-0.4, -0.2) is 42.9 Å². The minimum Gasteiger partial charge on any atom is -0.356 e. The van der Waals surface area contributed by atoms with Gasteiger partial charge in [0.2, 0.25) is 5.91 Å². The van der Waals surface area contributed by atoms with Crippen LogP contribution in [0.5, 0.6) is 0 Å². The number of carbonyl (C=O) groups is 2. The normalized spacial score (nSPS) is 17.9. The van der Waals surface area contributed by atoms with Crippen LogP contribution in [0.2, 0.25) is 0 Å². The number of halogens is 1. The lowest BCUT2D eigenvalue weighted by Crippen LogP contribution is -2.45. The Kier molecular flexibility index (Phi) is 6.59. The average molecular weight is 382 g/mol. The third-order valence-corrected chi connectivity index (χ3v) is 4.67. The van der Waals surface area contributed by atoms with E-state index in [0.29, 0.717) is 31.7 Å². The van der Waals surface area contributed by atoms with Crippen LogP contribution in [0.4, 0.5) is 0 Å². The van der Waals surface area contributed by atoms with Gasteiger partial charge in [0.25, 0.3) is 5.91 Å². The number of aryl methyl sites for hydroxylation is 1. The molecule has 1 saturated heterocycles. The van der Waals surface area contributed by atoms with Gasteiger partial charge in [-0.1, -0.05) is 15.9 Å². The molecule has 126 valence electrons. The Hall–Kier alpha value is -1.40. The molecule has 5 nitrogen and oxygen atoms in total. The molecule has 1 aliphatic heterocycles. The number of benzene rings is 1. The summed E-state index contributed by atoms with van der Waals surface area (Å²) in [5, 5.41) is 2.91. The molecule has 1 unspecified atom stereocenters. The van der Waals surface area contributed by atoms with Crippen molar-refractivity contribution in [2.75, 3.05) is 26.2 Å². The molecule has 23 heavy (non-hydrogen) atoms. The average Bonchev–Trinajstić information content (AvgIpc) is 2.54. The van der Waals surface area contributed by atoms with E-state index in [0.717, 1.165) is 29.3 Å². The summed E-state index contributed by atoms with van der Waals surface area (Å²) in [6.07, 6.45) is 2.47. The molecular weight excluding hydrogens is 358 g/mol. The molecule has 6 heteroatoms. The second-order valence-electron chi connectivity index (χ2n) is 5.98. The summed E-state index contributed by atoms with van der Waals surface area (Å²) in [6, 6.07) is 5.65. The molecule has 0 radical (unpaired) electrons. The molecule has 1 atom stereocenters. The molecule has 0 aromatic heterocycles. The van der Waals surface area contributed by atoms with Crippen LogP contribution in [0.25, 0.3) is 0 Å². The van der Waals surface area contributed by atoms with Crippen molar-refractivity contribution in [2.45, 2.75) is 26.2 Å². The van der Waals surface area contributed by atoms with Crippen molar-refractivity contribution >= 4 is 27.7 Å². The van der Waals surface area contributed by atoms with E-state index in [-0.39, 0.29) is 17.7 Å². The third-order valence-electron chi connectivity index (χ3n) is 4.18. The number of rotatable bonds is 5. The summed E-state index contributed by atoms with van der Waals surface area (Å²) in [4.78, 5) is 26.7. The summed E-state index contributed by atoms with van der Waals surface area (Å²) < 4.78 is 0.961. The number of nitrogens with zero attached hydrogens (tertiary/aromatic N) is 1. The van der Waals surface area contributed by atoms with Crippen LogP contribution < -0.4 is 11.1 Å². The van der Waals surface area contributed by atoms with Gasteiger partial charge < -0.3 is 16.0 Å². The lowest BCUT2D eigenvalue weighted by Gasteiger charge is -2.32. The van der Waals surface area contributed by atoms with Crippen molar-refractivity contribution in [2.24, 2.45) is 11.7 Å². The highest BCUT2D eigenvalue weighted by molar-refractivity contribution is 9.10. The lowest BCUT2D eigenvalue weighted by molar-refractivity contribution is -0.126. The first-order valence-corrected chi connectivity index (χ1v) is 8.85. The van der Waals surface area contributed by atoms with Crippen LogP contribution in [-0.2, 0) is 4.79 Å². The quantitative estimate of drug-likeness (QED) is 0.766. The smallest absolute Gasteiger partial charge is 0.254 e. The zero-order valence-corrected chi connectivity index (χ0v) is 15.1. The highest BCUT2D eigenvalue weighted by Gasteiger charge is 2.29. The first kappa shape index (κ1) is 17.9. The number of nitrogens with one attached hydrogen (secondary N) is 1. The van der Waals surface area contributed by atoms with Gasteiger partial charge in [-0.2, -0.15) is 0 Å². The summed E-state index contributed by atoms with van der Waals surface area (Å²) in [5.41, 5.74) is 7.09. The maximum atomic E-state index is 12.7. The molecule has 1 fully saturated rings. The molecule has 0 aliphatic carbocycles. The monoisotopic (exact) mass is 381 g/mol. The van der Waals surface area contributed by atoms with Gasteiger partial charge in [0.15, 0.2) is 0 Å². The van der Waals surface area contributed by atoms with E-state index in [9.17, 15) is 9.59 Å².